The van der Waals surface area contributed by atoms with Gasteiger partial charge in [-0.2, -0.15) is 0 Å². The predicted octanol–water partition coefficient (Wildman–Crippen LogP) is 14.2. The van der Waals surface area contributed by atoms with E-state index in [9.17, 15) is 0 Å². The highest BCUT2D eigenvalue weighted by Gasteiger charge is 2.47. The second kappa shape index (κ2) is 14.2. The van der Waals surface area contributed by atoms with Gasteiger partial charge >= 0.3 is 0 Å². The molecule has 0 unspecified atom stereocenters. The van der Waals surface area contributed by atoms with Crippen molar-refractivity contribution in [3.8, 4) is 74.0 Å². The normalized spacial score (nSPS) is 13.1. The predicted molar refractivity (Wildman–Crippen MR) is 254 cm³/mol. The highest BCUT2D eigenvalue weighted by molar-refractivity contribution is 6.09. The number of hydrogen-bond acceptors (Lipinski definition) is 5. The molecule has 0 saturated carbocycles. The maximum atomic E-state index is 6.80. The third-order valence-corrected chi connectivity index (χ3v) is 12.8. The molecule has 0 bridgehead atoms. The summed E-state index contributed by atoms with van der Waals surface area (Å²) in [5, 5.41) is 2.45. The van der Waals surface area contributed by atoms with E-state index in [0.29, 0.717) is 40.5 Å². The van der Waals surface area contributed by atoms with Gasteiger partial charge in [0.25, 0.3) is 0 Å². The first-order chi connectivity index (χ1) is 31.7. The Kier molecular flexibility index (Phi) is 8.02. The number of benzene rings is 9. The average molecular weight is 821 g/mol. The van der Waals surface area contributed by atoms with Crippen molar-refractivity contribution < 1.29 is 9.47 Å². The summed E-state index contributed by atoms with van der Waals surface area (Å²) in [4.78, 5) is 15.2. The van der Waals surface area contributed by atoms with E-state index in [4.69, 9.17) is 24.4 Å². The Labute approximate surface area is 369 Å². The van der Waals surface area contributed by atoms with Gasteiger partial charge in [-0.25, -0.2) is 15.0 Å². The second-order valence-corrected chi connectivity index (χ2v) is 16.3. The Bertz CT molecular complexity index is 3510. The van der Waals surface area contributed by atoms with Crippen LogP contribution in [-0.2, 0) is 5.41 Å². The molecule has 0 amide bonds. The molecule has 0 atom stereocenters. The third-order valence-electron chi connectivity index (χ3n) is 12.8. The topological polar surface area (TPSA) is 62.1 Å². The molecule has 6 heteroatoms. The minimum Gasteiger partial charge on any atom is -0.450 e. The van der Waals surface area contributed by atoms with Crippen LogP contribution in [-0.4, -0.2) is 19.5 Å². The number of fused-ring (bicyclic) bond motifs is 8. The summed E-state index contributed by atoms with van der Waals surface area (Å²) in [7, 11) is 0. The van der Waals surface area contributed by atoms with Gasteiger partial charge in [-0.1, -0.05) is 152 Å². The standard InChI is InChI=1S/C58H36N4O2/c1-4-16-37(17-5-1)55-59-56(38-28-31-42(32-29-38)62-49-26-14-11-23-44(49)45-24-12-15-27-50(45)62)61-57(60-55)39-30-33-51-52(34-39)64-53-35-46-43-22-10-13-25-47(43)58(40-18-6-2-7-19-40,41-20-8-3-9-21-41)48(46)36-54(53)63-51/h1-36H. The molecule has 3 heterocycles. The molecular weight excluding hydrogens is 785 g/mol. The van der Waals surface area contributed by atoms with Gasteiger partial charge in [0.15, 0.2) is 40.5 Å². The van der Waals surface area contributed by atoms with Crippen LogP contribution in [0.15, 0.2) is 218 Å². The second-order valence-electron chi connectivity index (χ2n) is 16.3. The summed E-state index contributed by atoms with van der Waals surface area (Å²) in [5.41, 5.74) is 12.5. The van der Waals surface area contributed by atoms with E-state index < -0.39 is 5.41 Å². The van der Waals surface area contributed by atoms with Gasteiger partial charge in [-0.15, -0.1) is 0 Å². The number of rotatable bonds is 6. The van der Waals surface area contributed by atoms with Gasteiger partial charge in [0.05, 0.1) is 16.4 Å². The van der Waals surface area contributed by atoms with Gasteiger partial charge in [-0.3, -0.25) is 0 Å². The van der Waals surface area contributed by atoms with Crippen LogP contribution in [0, 0.1) is 0 Å². The van der Waals surface area contributed by atoms with E-state index in [1.165, 1.54) is 33.0 Å². The molecule has 0 N–H and O–H groups in total. The summed E-state index contributed by atoms with van der Waals surface area (Å²) in [5.74, 6) is 4.23. The fourth-order valence-electron chi connectivity index (χ4n) is 9.97. The van der Waals surface area contributed by atoms with Crippen molar-refractivity contribution in [3.63, 3.8) is 0 Å². The average Bonchev–Trinajstić information content (AvgIpc) is 3.86. The van der Waals surface area contributed by atoms with E-state index in [2.05, 4.69) is 174 Å². The Morgan fingerprint density at radius 1 is 0.344 bits per heavy atom. The molecule has 0 saturated heterocycles. The molecule has 2 aliphatic rings. The van der Waals surface area contributed by atoms with Crippen molar-refractivity contribution >= 4 is 21.8 Å². The SMILES string of the molecule is c1ccc(-c2nc(-c3ccc(-n4c5ccccc5c5ccccc54)cc3)nc(-c3ccc4c(c3)Oc3cc5c(cc3O4)C(c3ccccc3)(c3ccccc3)c3ccccc3-5)n2)cc1. The number of ether oxygens (including phenoxy) is 2. The van der Waals surface area contributed by atoms with E-state index in [1.54, 1.807) is 0 Å². The maximum absolute atomic E-state index is 6.80. The van der Waals surface area contributed by atoms with Gasteiger partial charge in [0.1, 0.15) is 0 Å². The van der Waals surface area contributed by atoms with Crippen LogP contribution in [0.3, 0.4) is 0 Å². The summed E-state index contributed by atoms with van der Waals surface area (Å²) < 4.78 is 15.9. The lowest BCUT2D eigenvalue weighted by Crippen LogP contribution is -2.28. The molecule has 64 heavy (non-hydrogen) atoms. The number of aromatic nitrogens is 4. The largest absolute Gasteiger partial charge is 0.450 e. The Morgan fingerprint density at radius 3 is 1.48 bits per heavy atom. The number of para-hydroxylation sites is 2. The summed E-state index contributed by atoms with van der Waals surface area (Å²) in [6.07, 6.45) is 0. The van der Waals surface area contributed by atoms with Gasteiger partial charge in [0, 0.05) is 33.2 Å². The first-order valence-corrected chi connectivity index (χ1v) is 21.5. The Balaban J connectivity index is 0.898. The number of nitrogens with zero attached hydrogens (tertiary/aromatic N) is 4. The van der Waals surface area contributed by atoms with E-state index in [0.717, 1.165) is 44.5 Å². The fourth-order valence-corrected chi connectivity index (χ4v) is 9.97. The minimum atomic E-state index is -0.546. The monoisotopic (exact) mass is 820 g/mol. The summed E-state index contributed by atoms with van der Waals surface area (Å²) in [6, 6.07) is 76.1. The molecule has 0 radical (unpaired) electrons. The summed E-state index contributed by atoms with van der Waals surface area (Å²) in [6.45, 7) is 0. The van der Waals surface area contributed by atoms with Crippen molar-refractivity contribution in [2.45, 2.75) is 5.41 Å². The molecule has 1 aliphatic heterocycles. The smallest absolute Gasteiger partial charge is 0.170 e. The Morgan fingerprint density at radius 2 is 0.828 bits per heavy atom. The Hall–Kier alpha value is -8.61. The van der Waals surface area contributed by atoms with Crippen molar-refractivity contribution in [1.82, 2.24) is 19.5 Å². The van der Waals surface area contributed by atoms with E-state index in [1.807, 2.05) is 48.5 Å². The highest BCUT2D eigenvalue weighted by Crippen LogP contribution is 2.59. The van der Waals surface area contributed by atoms with E-state index >= 15 is 0 Å². The quantitative estimate of drug-likeness (QED) is 0.167. The molecule has 300 valence electrons. The van der Waals surface area contributed by atoms with Gasteiger partial charge in [-0.05, 0) is 100 Å². The van der Waals surface area contributed by atoms with Crippen LogP contribution in [0.5, 0.6) is 23.0 Å². The van der Waals surface area contributed by atoms with Crippen LogP contribution >= 0.6 is 0 Å². The zero-order valence-corrected chi connectivity index (χ0v) is 34.4. The molecule has 13 rings (SSSR count). The number of hydrogen-bond donors (Lipinski definition) is 0. The lowest BCUT2D eigenvalue weighted by Gasteiger charge is -2.34. The molecule has 0 spiro atoms. The van der Waals surface area contributed by atoms with Crippen LogP contribution in [0.2, 0.25) is 0 Å². The van der Waals surface area contributed by atoms with Crippen LogP contribution < -0.4 is 9.47 Å². The maximum Gasteiger partial charge on any atom is 0.170 e. The third kappa shape index (κ3) is 5.49. The molecule has 6 nitrogen and oxygen atoms in total. The van der Waals surface area contributed by atoms with Crippen molar-refractivity contribution in [2.24, 2.45) is 0 Å². The van der Waals surface area contributed by atoms with Gasteiger partial charge in [0.2, 0.25) is 0 Å². The van der Waals surface area contributed by atoms with Crippen molar-refractivity contribution in [2.75, 3.05) is 0 Å². The molecular formula is C58H36N4O2. The zero-order chi connectivity index (χ0) is 42.2. The lowest BCUT2D eigenvalue weighted by atomic mass is 9.67. The fraction of sp³-hybridized carbons (Fsp3) is 0.0172. The molecule has 2 aromatic heterocycles. The van der Waals surface area contributed by atoms with E-state index in [-0.39, 0.29) is 0 Å². The zero-order valence-electron chi connectivity index (χ0n) is 34.4. The molecule has 11 aromatic rings. The van der Waals surface area contributed by atoms with Crippen LogP contribution in [0.25, 0.3) is 72.8 Å². The lowest BCUT2D eigenvalue weighted by molar-refractivity contribution is 0.359. The first-order valence-electron chi connectivity index (χ1n) is 21.5. The molecule has 1 aliphatic carbocycles. The minimum absolute atomic E-state index is 0.533. The van der Waals surface area contributed by atoms with Crippen LogP contribution in [0.4, 0.5) is 0 Å². The van der Waals surface area contributed by atoms with Crippen molar-refractivity contribution in [3.05, 3.63) is 241 Å². The molecule has 0 fully saturated rings. The first kappa shape index (κ1) is 36.1. The van der Waals surface area contributed by atoms with Crippen molar-refractivity contribution in [1.29, 1.82) is 0 Å². The highest BCUT2D eigenvalue weighted by atomic mass is 16.6. The van der Waals surface area contributed by atoms with Crippen LogP contribution in [0.1, 0.15) is 22.3 Å². The van der Waals surface area contributed by atoms with Gasteiger partial charge < -0.3 is 14.0 Å². The molecule has 9 aromatic carbocycles. The summed E-state index contributed by atoms with van der Waals surface area (Å²) >= 11 is 0.